The number of nitrogens with zero attached hydrogens (tertiary/aromatic N) is 4. The number of amides is 1. The molecule has 3 heterocycles. The van der Waals surface area contributed by atoms with Gasteiger partial charge in [0.25, 0.3) is 0 Å². The number of pyridine rings is 1. The molecule has 9 nitrogen and oxygen atoms in total. The number of hydrogen-bond donors (Lipinski definition) is 2. The Hall–Kier alpha value is -2.52. The van der Waals surface area contributed by atoms with Gasteiger partial charge in [-0.1, -0.05) is 0 Å². The second-order valence-corrected chi connectivity index (χ2v) is 8.11. The van der Waals surface area contributed by atoms with Gasteiger partial charge in [-0.25, -0.2) is 4.98 Å². The zero-order valence-corrected chi connectivity index (χ0v) is 18.0. The monoisotopic (exact) mass is 416 g/mol. The number of hydrogen-bond acceptors (Lipinski definition) is 7. The molecule has 3 rings (SSSR count). The second-order valence-electron chi connectivity index (χ2n) is 8.11. The van der Waals surface area contributed by atoms with Gasteiger partial charge in [-0.15, -0.1) is 0 Å². The lowest BCUT2D eigenvalue weighted by Crippen LogP contribution is -2.48. The number of nitrogens with one attached hydrogen (secondary N) is 1. The summed E-state index contributed by atoms with van der Waals surface area (Å²) in [6, 6.07) is 3.44. The first-order valence-corrected chi connectivity index (χ1v) is 10.6. The van der Waals surface area contributed by atoms with Gasteiger partial charge in [-0.05, 0) is 45.9 Å². The number of aromatic nitrogens is 1. The molecule has 30 heavy (non-hydrogen) atoms. The Morgan fingerprint density at radius 1 is 1.33 bits per heavy atom. The molecule has 164 valence electrons. The van der Waals surface area contributed by atoms with Crippen LogP contribution in [0, 0.1) is 11.3 Å². The van der Waals surface area contributed by atoms with Crippen LogP contribution in [-0.2, 0) is 14.3 Å². The van der Waals surface area contributed by atoms with Crippen molar-refractivity contribution >= 4 is 29.5 Å². The van der Waals surface area contributed by atoms with Crippen molar-refractivity contribution in [3.05, 3.63) is 17.8 Å². The van der Waals surface area contributed by atoms with Crippen molar-refractivity contribution in [2.75, 3.05) is 49.9 Å². The van der Waals surface area contributed by atoms with Gasteiger partial charge in [0.2, 0.25) is 5.91 Å². The number of nitrogens with two attached hydrogens (primary N) is 1. The van der Waals surface area contributed by atoms with E-state index in [1.54, 1.807) is 17.0 Å². The molecule has 1 amide bonds. The van der Waals surface area contributed by atoms with E-state index in [9.17, 15) is 9.59 Å². The largest absolute Gasteiger partial charge is 0.397 e. The van der Waals surface area contributed by atoms with Gasteiger partial charge in [0, 0.05) is 26.2 Å². The molecule has 0 bridgehead atoms. The maximum Gasteiger partial charge on any atom is 0.232 e. The fourth-order valence-electron chi connectivity index (χ4n) is 4.27. The van der Waals surface area contributed by atoms with Crippen LogP contribution in [0.5, 0.6) is 0 Å². The highest BCUT2D eigenvalue weighted by Crippen LogP contribution is 2.24. The fourth-order valence-corrected chi connectivity index (χ4v) is 4.27. The highest BCUT2D eigenvalue weighted by Gasteiger charge is 2.32. The van der Waals surface area contributed by atoms with Gasteiger partial charge in [0.05, 0.1) is 30.4 Å². The van der Waals surface area contributed by atoms with E-state index >= 15 is 0 Å². The molecule has 3 unspecified atom stereocenters. The maximum absolute atomic E-state index is 13.1. The highest BCUT2D eigenvalue weighted by molar-refractivity contribution is 6.01. The molecule has 1 aromatic heterocycles. The van der Waals surface area contributed by atoms with Crippen LogP contribution in [0.4, 0.5) is 11.5 Å². The van der Waals surface area contributed by atoms with Crippen molar-refractivity contribution in [3.63, 3.8) is 0 Å². The topological polar surface area (TPSA) is 116 Å². The molecular formula is C21H32N6O3. The van der Waals surface area contributed by atoms with Crippen LogP contribution in [0.3, 0.4) is 0 Å². The van der Waals surface area contributed by atoms with E-state index in [4.69, 9.17) is 15.9 Å². The van der Waals surface area contributed by atoms with Crippen molar-refractivity contribution in [2.24, 2.45) is 5.92 Å². The van der Waals surface area contributed by atoms with Crippen LogP contribution in [0.25, 0.3) is 0 Å². The van der Waals surface area contributed by atoms with Crippen LogP contribution >= 0.6 is 0 Å². The number of likely N-dealkylation sites (tertiary alicyclic amines) is 1. The minimum absolute atomic E-state index is 0.00531. The van der Waals surface area contributed by atoms with Gasteiger partial charge in [-0.2, -0.15) is 0 Å². The van der Waals surface area contributed by atoms with Gasteiger partial charge >= 0.3 is 0 Å². The minimum atomic E-state index is -0.159. The van der Waals surface area contributed by atoms with E-state index in [0.29, 0.717) is 49.9 Å². The summed E-state index contributed by atoms with van der Waals surface area (Å²) < 4.78 is 5.76. The van der Waals surface area contributed by atoms with Gasteiger partial charge in [0.15, 0.2) is 0 Å². The van der Waals surface area contributed by atoms with E-state index in [-0.39, 0.29) is 29.9 Å². The lowest BCUT2D eigenvalue weighted by molar-refractivity contribution is -0.122. The first-order valence-electron chi connectivity index (χ1n) is 10.6. The number of morpholine rings is 1. The maximum atomic E-state index is 13.1. The number of carbonyl (C=O) groups excluding carboxylic acids is 2. The Balaban J connectivity index is 1.79. The Kier molecular flexibility index (Phi) is 7.04. The predicted octanol–water partition coefficient (Wildman–Crippen LogP) is 0.972. The number of nitrogen functional groups attached to an aromatic ring is 1. The number of amidine groups is 1. The smallest absolute Gasteiger partial charge is 0.232 e. The van der Waals surface area contributed by atoms with Gasteiger partial charge in [0.1, 0.15) is 23.6 Å². The zero-order chi connectivity index (χ0) is 21.8. The molecule has 2 aliphatic heterocycles. The molecule has 0 saturated carbocycles. The van der Waals surface area contributed by atoms with Crippen molar-refractivity contribution in [1.82, 2.24) is 14.8 Å². The lowest BCUT2D eigenvalue weighted by atomic mass is 10.1. The third-order valence-electron chi connectivity index (χ3n) is 5.69. The van der Waals surface area contributed by atoms with Gasteiger partial charge in [-0.3, -0.25) is 20.0 Å². The third-order valence-corrected chi connectivity index (χ3v) is 5.69. The molecular weight excluding hydrogens is 384 g/mol. The van der Waals surface area contributed by atoms with E-state index in [2.05, 4.69) is 4.98 Å². The number of ether oxygens (including phenoxy) is 1. The molecule has 1 aromatic rings. The molecule has 0 radical (unpaired) electrons. The van der Waals surface area contributed by atoms with Gasteiger partial charge < -0.3 is 20.2 Å². The van der Waals surface area contributed by atoms with Crippen molar-refractivity contribution < 1.29 is 14.3 Å². The quantitative estimate of drug-likeness (QED) is 0.403. The minimum Gasteiger partial charge on any atom is -0.397 e. The number of rotatable bonds is 6. The van der Waals surface area contributed by atoms with E-state index < -0.39 is 0 Å². The summed E-state index contributed by atoms with van der Waals surface area (Å²) in [4.78, 5) is 34.1. The Morgan fingerprint density at radius 3 is 2.67 bits per heavy atom. The molecule has 3 N–H and O–H groups in total. The summed E-state index contributed by atoms with van der Waals surface area (Å²) in [5.41, 5.74) is 6.95. The molecule has 3 atom stereocenters. The second kappa shape index (κ2) is 9.53. The first kappa shape index (κ1) is 22.2. The van der Waals surface area contributed by atoms with Crippen molar-refractivity contribution in [3.8, 4) is 0 Å². The number of aldehydes is 1. The molecule has 2 aliphatic rings. The summed E-state index contributed by atoms with van der Waals surface area (Å²) in [5, 5.41) is 8.67. The first-order chi connectivity index (χ1) is 14.3. The number of carbonyl (C=O) groups is 2. The average molecular weight is 417 g/mol. The molecule has 0 aromatic carbocycles. The zero-order valence-electron chi connectivity index (χ0n) is 18.0. The van der Waals surface area contributed by atoms with Crippen LogP contribution in [0.2, 0.25) is 0 Å². The summed E-state index contributed by atoms with van der Waals surface area (Å²) in [6.07, 6.45) is 1.63. The fraction of sp³-hybridized carbons (Fsp3) is 0.619. The lowest BCUT2D eigenvalue weighted by Gasteiger charge is -2.36. The molecule has 2 saturated heterocycles. The predicted molar refractivity (Wildman–Crippen MR) is 116 cm³/mol. The molecule has 9 heteroatoms. The van der Waals surface area contributed by atoms with E-state index in [1.165, 1.54) is 0 Å². The van der Waals surface area contributed by atoms with E-state index in [1.807, 2.05) is 30.6 Å². The van der Waals surface area contributed by atoms with Crippen molar-refractivity contribution in [2.45, 2.75) is 39.4 Å². The Morgan fingerprint density at radius 2 is 2.03 bits per heavy atom. The SMILES string of the molecule is CCN(C(=O)C1CCN(CC=O)C1)c1ccc(N)c(C(=N)N2CC(C)OC(C)C2)n1. The molecule has 0 aliphatic carbocycles. The standard InChI is InChI=1S/C21H32N6O3/c1-4-27(21(29)16-7-8-25(13-16)9-10-28)18-6-5-17(22)19(24-18)20(23)26-11-14(2)30-15(3)12-26/h5-6,10,14-16,23H,4,7-9,11-13,22H2,1-3H3. The number of anilines is 2. The van der Waals surface area contributed by atoms with E-state index in [0.717, 1.165) is 19.3 Å². The Labute approximate surface area is 177 Å². The van der Waals surface area contributed by atoms with Crippen LogP contribution in [0.15, 0.2) is 12.1 Å². The third kappa shape index (κ3) is 4.79. The summed E-state index contributed by atoms with van der Waals surface area (Å²) in [5.74, 6) is 0.583. The highest BCUT2D eigenvalue weighted by atomic mass is 16.5. The summed E-state index contributed by atoms with van der Waals surface area (Å²) in [7, 11) is 0. The Bertz CT molecular complexity index is 791. The van der Waals surface area contributed by atoms with Crippen LogP contribution < -0.4 is 10.6 Å². The molecule has 2 fully saturated rings. The van der Waals surface area contributed by atoms with Crippen molar-refractivity contribution in [1.29, 1.82) is 5.41 Å². The van der Waals surface area contributed by atoms with Crippen LogP contribution in [0.1, 0.15) is 32.9 Å². The van der Waals surface area contributed by atoms with Crippen LogP contribution in [-0.4, -0.2) is 84.3 Å². The summed E-state index contributed by atoms with van der Waals surface area (Å²) >= 11 is 0. The molecule has 0 spiro atoms. The average Bonchev–Trinajstić information content (AvgIpc) is 3.17. The summed E-state index contributed by atoms with van der Waals surface area (Å²) in [6.45, 7) is 9.21. The normalized spacial score (nSPS) is 24.6.